The van der Waals surface area contributed by atoms with E-state index in [4.69, 9.17) is 5.11 Å². The molecule has 0 saturated carbocycles. The van der Waals surface area contributed by atoms with Crippen molar-refractivity contribution in [3.8, 4) is 0 Å². The molecule has 1 unspecified atom stereocenters. The molecule has 21 heavy (non-hydrogen) atoms. The summed E-state index contributed by atoms with van der Waals surface area (Å²) in [6.07, 6.45) is -0.887. The first kappa shape index (κ1) is 14.9. The smallest absolute Gasteiger partial charge is 0.326 e. The van der Waals surface area contributed by atoms with Crippen molar-refractivity contribution in [2.24, 2.45) is 0 Å². The molecule has 2 N–H and O–H groups in total. The lowest BCUT2D eigenvalue weighted by Gasteiger charge is -2.21. The third kappa shape index (κ3) is 3.34. The van der Waals surface area contributed by atoms with Crippen molar-refractivity contribution >= 4 is 17.6 Å². The average Bonchev–Trinajstić information content (AvgIpc) is 2.82. The number of benzene rings is 1. The monoisotopic (exact) mass is 294 g/mol. The number of carbonyl (C=O) groups is 2. The maximum absolute atomic E-state index is 12.1. The normalized spacial score (nSPS) is 21.3. The van der Waals surface area contributed by atoms with Crippen LogP contribution in [0, 0.1) is 10.1 Å². The molecule has 0 radical (unpaired) electrons. The maximum atomic E-state index is 12.1. The van der Waals surface area contributed by atoms with Gasteiger partial charge >= 0.3 is 5.97 Å². The molecule has 0 spiro atoms. The molecule has 1 aromatic rings. The topological polar surface area (TPSA) is 121 Å². The van der Waals surface area contributed by atoms with E-state index >= 15 is 0 Å². The Morgan fingerprint density at radius 1 is 1.33 bits per heavy atom. The van der Waals surface area contributed by atoms with Crippen LogP contribution in [0.25, 0.3) is 0 Å². The van der Waals surface area contributed by atoms with Gasteiger partial charge in [-0.2, -0.15) is 0 Å². The Morgan fingerprint density at radius 3 is 2.48 bits per heavy atom. The summed E-state index contributed by atoms with van der Waals surface area (Å²) < 4.78 is 0. The number of aliphatic carboxylic acids is 1. The van der Waals surface area contributed by atoms with Crippen LogP contribution in [0.1, 0.15) is 12.0 Å². The molecule has 1 fully saturated rings. The summed E-state index contributed by atoms with van der Waals surface area (Å²) in [5.41, 5.74) is 0.474. The third-order valence-electron chi connectivity index (χ3n) is 3.39. The standard InChI is InChI=1S/C13H14N2O6/c16-10-6-11(13(18)19)14(7-10)12(17)5-8-1-3-9(4-2-8)15(20)21/h1-4,10-11,16H,5-7H2,(H,18,19)/t10?,11-/m0/s1. The Labute approximate surface area is 119 Å². The summed E-state index contributed by atoms with van der Waals surface area (Å²) in [6, 6.07) is 4.47. The molecule has 1 heterocycles. The van der Waals surface area contributed by atoms with Crippen LogP contribution in [0.15, 0.2) is 24.3 Å². The molecule has 8 heteroatoms. The van der Waals surface area contributed by atoms with E-state index in [2.05, 4.69) is 0 Å². The molecule has 112 valence electrons. The van der Waals surface area contributed by atoms with E-state index in [1.54, 1.807) is 0 Å². The van der Waals surface area contributed by atoms with Crippen molar-refractivity contribution < 1.29 is 24.7 Å². The lowest BCUT2D eigenvalue weighted by Crippen LogP contribution is -2.41. The van der Waals surface area contributed by atoms with E-state index in [1.807, 2.05) is 0 Å². The number of hydrogen-bond acceptors (Lipinski definition) is 5. The highest BCUT2D eigenvalue weighted by atomic mass is 16.6. The Balaban J connectivity index is 2.06. The Bertz CT molecular complexity index is 571. The minimum Gasteiger partial charge on any atom is -0.480 e. The van der Waals surface area contributed by atoms with Crippen LogP contribution >= 0.6 is 0 Å². The number of aliphatic hydroxyl groups excluding tert-OH is 1. The first-order chi connectivity index (χ1) is 9.88. The second-order valence-corrected chi connectivity index (χ2v) is 4.89. The zero-order valence-electron chi connectivity index (χ0n) is 11.0. The van der Waals surface area contributed by atoms with Gasteiger partial charge in [0.15, 0.2) is 0 Å². The minimum atomic E-state index is -1.15. The number of hydrogen-bond donors (Lipinski definition) is 2. The molecule has 2 rings (SSSR count). The molecule has 0 aliphatic carbocycles. The van der Waals surface area contributed by atoms with Crippen molar-refractivity contribution in [2.75, 3.05) is 6.54 Å². The third-order valence-corrected chi connectivity index (χ3v) is 3.39. The number of amides is 1. The molecular formula is C13H14N2O6. The van der Waals surface area contributed by atoms with E-state index in [0.29, 0.717) is 5.56 Å². The van der Waals surface area contributed by atoms with Gasteiger partial charge in [0.25, 0.3) is 5.69 Å². The number of aliphatic hydroxyl groups is 1. The molecule has 1 aliphatic heterocycles. The van der Waals surface area contributed by atoms with Gasteiger partial charge in [-0.15, -0.1) is 0 Å². The summed E-state index contributed by atoms with van der Waals surface area (Å²) in [7, 11) is 0. The molecule has 1 saturated heterocycles. The molecule has 8 nitrogen and oxygen atoms in total. The molecule has 2 atom stereocenters. The fraction of sp³-hybridized carbons (Fsp3) is 0.385. The van der Waals surface area contributed by atoms with Gasteiger partial charge in [0.05, 0.1) is 17.4 Å². The van der Waals surface area contributed by atoms with Crippen LogP contribution in [0.5, 0.6) is 0 Å². The number of rotatable bonds is 4. The summed E-state index contributed by atoms with van der Waals surface area (Å²) in [5.74, 6) is -1.57. The predicted octanol–water partition coefficient (Wildman–Crippen LogP) is 0.184. The number of nitrogens with zero attached hydrogens (tertiary/aromatic N) is 2. The summed E-state index contributed by atoms with van der Waals surface area (Å²) in [6.45, 7) is -0.0111. The Kier molecular flexibility index (Phi) is 4.18. The number of likely N-dealkylation sites (tertiary alicyclic amines) is 1. The van der Waals surface area contributed by atoms with Crippen molar-refractivity contribution in [2.45, 2.75) is 25.0 Å². The van der Waals surface area contributed by atoms with Gasteiger partial charge in [0, 0.05) is 25.1 Å². The number of carboxylic acid groups (broad SMARTS) is 1. The number of carbonyl (C=O) groups excluding carboxylic acids is 1. The van der Waals surface area contributed by atoms with Crippen LogP contribution in [0.3, 0.4) is 0 Å². The molecule has 0 bridgehead atoms. The van der Waals surface area contributed by atoms with Crippen LogP contribution in [-0.2, 0) is 16.0 Å². The molecule has 1 aliphatic rings. The van der Waals surface area contributed by atoms with Crippen LogP contribution in [-0.4, -0.2) is 50.6 Å². The van der Waals surface area contributed by atoms with Gasteiger partial charge in [-0.25, -0.2) is 4.79 Å². The Hall–Kier alpha value is -2.48. The molecule has 0 aromatic heterocycles. The highest BCUT2D eigenvalue weighted by molar-refractivity contribution is 5.85. The van der Waals surface area contributed by atoms with Gasteiger partial charge in [-0.05, 0) is 5.56 Å². The van der Waals surface area contributed by atoms with Gasteiger partial charge < -0.3 is 15.1 Å². The van der Waals surface area contributed by atoms with Crippen molar-refractivity contribution in [1.82, 2.24) is 4.90 Å². The summed E-state index contributed by atoms with van der Waals surface area (Å²) >= 11 is 0. The lowest BCUT2D eigenvalue weighted by atomic mass is 10.1. The van der Waals surface area contributed by atoms with Gasteiger partial charge in [0.1, 0.15) is 6.04 Å². The second kappa shape index (κ2) is 5.88. The van der Waals surface area contributed by atoms with Gasteiger partial charge in [-0.1, -0.05) is 12.1 Å². The van der Waals surface area contributed by atoms with E-state index in [-0.39, 0.29) is 25.1 Å². The Morgan fingerprint density at radius 2 is 1.95 bits per heavy atom. The molecule has 1 aromatic carbocycles. The van der Waals surface area contributed by atoms with E-state index in [0.717, 1.165) is 4.90 Å². The van der Waals surface area contributed by atoms with E-state index in [9.17, 15) is 24.8 Å². The highest BCUT2D eigenvalue weighted by Crippen LogP contribution is 2.20. The van der Waals surface area contributed by atoms with Gasteiger partial charge in [0.2, 0.25) is 5.91 Å². The van der Waals surface area contributed by atoms with Crippen molar-refractivity contribution in [3.05, 3.63) is 39.9 Å². The largest absolute Gasteiger partial charge is 0.480 e. The van der Waals surface area contributed by atoms with E-state index in [1.165, 1.54) is 24.3 Å². The number of nitro groups is 1. The zero-order chi connectivity index (χ0) is 15.6. The fourth-order valence-corrected chi connectivity index (χ4v) is 2.34. The van der Waals surface area contributed by atoms with Crippen LogP contribution in [0.2, 0.25) is 0 Å². The summed E-state index contributed by atoms with van der Waals surface area (Å²) in [4.78, 5) is 34.3. The van der Waals surface area contributed by atoms with Crippen LogP contribution < -0.4 is 0 Å². The highest BCUT2D eigenvalue weighted by Gasteiger charge is 2.38. The van der Waals surface area contributed by atoms with Crippen molar-refractivity contribution in [1.29, 1.82) is 0 Å². The number of nitro benzene ring substituents is 1. The predicted molar refractivity (Wildman–Crippen MR) is 70.6 cm³/mol. The quantitative estimate of drug-likeness (QED) is 0.603. The summed E-state index contributed by atoms with van der Waals surface area (Å²) in [5, 5.41) is 29.1. The molecular weight excluding hydrogens is 280 g/mol. The lowest BCUT2D eigenvalue weighted by molar-refractivity contribution is -0.384. The first-order valence-electron chi connectivity index (χ1n) is 6.32. The van der Waals surface area contributed by atoms with Crippen molar-refractivity contribution in [3.63, 3.8) is 0 Å². The number of carboxylic acids is 1. The maximum Gasteiger partial charge on any atom is 0.326 e. The van der Waals surface area contributed by atoms with E-state index < -0.39 is 28.9 Å². The number of non-ortho nitro benzene ring substituents is 1. The SMILES string of the molecule is O=C(O)[C@@H]1CC(O)CN1C(=O)Cc1ccc([N+](=O)[O-])cc1. The average molecular weight is 294 g/mol. The second-order valence-electron chi connectivity index (χ2n) is 4.89. The van der Waals surface area contributed by atoms with Crippen LogP contribution in [0.4, 0.5) is 5.69 Å². The first-order valence-corrected chi connectivity index (χ1v) is 6.32. The zero-order valence-corrected chi connectivity index (χ0v) is 11.0. The number of β-amino-alcohol motifs (C(OH)–C–C–N with tert-alkyl or cyclic N) is 1. The van der Waals surface area contributed by atoms with Gasteiger partial charge in [-0.3, -0.25) is 14.9 Å². The fourth-order valence-electron chi connectivity index (χ4n) is 2.34. The minimum absolute atomic E-state index is 0.0111. The molecule has 1 amide bonds.